The lowest BCUT2D eigenvalue weighted by atomic mass is 10.1. The normalized spacial score (nSPS) is 12.8. The smallest absolute Gasteiger partial charge is 0.416 e. The van der Waals surface area contributed by atoms with Gasteiger partial charge in [-0.05, 0) is 24.6 Å². The summed E-state index contributed by atoms with van der Waals surface area (Å²) >= 11 is 0. The van der Waals surface area contributed by atoms with Gasteiger partial charge in [-0.3, -0.25) is 4.79 Å². The molecule has 20 heavy (non-hydrogen) atoms. The number of benzene rings is 1. The van der Waals surface area contributed by atoms with Crippen molar-refractivity contribution in [1.29, 1.82) is 0 Å². The molecule has 110 valence electrons. The molecule has 1 unspecified atom stereocenters. The van der Waals surface area contributed by atoms with Gasteiger partial charge >= 0.3 is 12.1 Å². The maximum atomic E-state index is 12.6. The highest BCUT2D eigenvalue weighted by Gasteiger charge is 2.32. The van der Waals surface area contributed by atoms with E-state index in [4.69, 9.17) is 10.8 Å². The van der Waals surface area contributed by atoms with E-state index in [9.17, 15) is 22.8 Å². The molecular weight excluding hydrogens is 277 g/mol. The molecule has 0 aliphatic heterocycles. The maximum absolute atomic E-state index is 12.6. The Labute approximate surface area is 112 Å². The minimum Gasteiger partial charge on any atom is -0.478 e. The summed E-state index contributed by atoms with van der Waals surface area (Å²) in [5.41, 5.74) is 3.45. The highest BCUT2D eigenvalue weighted by atomic mass is 19.4. The standard InChI is InChI=1S/C12H13F3N2O3/c1-2-9(16)10(18)17-8-4-6(11(19)20)3-7(5-8)12(13,14)15/h3-5,9H,2,16H2,1H3,(H,17,18)(H,19,20). The molecule has 0 bridgehead atoms. The van der Waals surface area contributed by atoms with E-state index in [-0.39, 0.29) is 5.69 Å². The minimum absolute atomic E-state index is 0.258. The molecule has 0 saturated carbocycles. The zero-order valence-corrected chi connectivity index (χ0v) is 10.5. The Hall–Kier alpha value is -2.09. The van der Waals surface area contributed by atoms with E-state index >= 15 is 0 Å². The van der Waals surface area contributed by atoms with Crippen molar-refractivity contribution in [3.05, 3.63) is 29.3 Å². The van der Waals surface area contributed by atoms with Crippen LogP contribution in [0.4, 0.5) is 18.9 Å². The molecule has 1 amide bonds. The van der Waals surface area contributed by atoms with Crippen LogP contribution in [-0.4, -0.2) is 23.0 Å². The SMILES string of the molecule is CCC(N)C(=O)Nc1cc(C(=O)O)cc(C(F)(F)F)c1. The van der Waals surface area contributed by atoms with Gasteiger partial charge < -0.3 is 16.2 Å². The van der Waals surface area contributed by atoms with Crippen molar-refractivity contribution in [2.75, 3.05) is 5.32 Å². The highest BCUT2D eigenvalue weighted by molar-refractivity contribution is 5.96. The van der Waals surface area contributed by atoms with Gasteiger partial charge in [0.25, 0.3) is 0 Å². The number of halogens is 3. The molecule has 0 heterocycles. The van der Waals surface area contributed by atoms with Gasteiger partial charge in [0.1, 0.15) is 0 Å². The molecule has 4 N–H and O–H groups in total. The number of hydrogen-bond acceptors (Lipinski definition) is 3. The minimum atomic E-state index is -4.71. The Morgan fingerprint density at radius 3 is 2.40 bits per heavy atom. The second-order valence-corrected chi connectivity index (χ2v) is 4.11. The molecule has 1 atom stereocenters. The lowest BCUT2D eigenvalue weighted by molar-refractivity contribution is -0.137. The van der Waals surface area contributed by atoms with Crippen LogP contribution in [0.2, 0.25) is 0 Å². The van der Waals surface area contributed by atoms with Crippen LogP contribution in [0.5, 0.6) is 0 Å². The van der Waals surface area contributed by atoms with Crippen molar-refractivity contribution in [2.24, 2.45) is 5.73 Å². The van der Waals surface area contributed by atoms with Crippen LogP contribution in [0.3, 0.4) is 0 Å². The van der Waals surface area contributed by atoms with Gasteiger partial charge in [0.05, 0.1) is 17.2 Å². The summed E-state index contributed by atoms with van der Waals surface area (Å²) in [5.74, 6) is -2.20. The Morgan fingerprint density at radius 2 is 1.95 bits per heavy atom. The first kappa shape index (κ1) is 16.0. The zero-order chi connectivity index (χ0) is 15.5. The summed E-state index contributed by atoms with van der Waals surface area (Å²) in [6, 6.07) is 1.22. The third-order valence-corrected chi connectivity index (χ3v) is 2.55. The fraction of sp³-hybridized carbons (Fsp3) is 0.333. The molecule has 1 rings (SSSR count). The van der Waals surface area contributed by atoms with Crippen LogP contribution >= 0.6 is 0 Å². The van der Waals surface area contributed by atoms with E-state index in [1.54, 1.807) is 6.92 Å². The van der Waals surface area contributed by atoms with Crippen LogP contribution in [0.15, 0.2) is 18.2 Å². The number of carbonyl (C=O) groups is 2. The average Bonchev–Trinajstić information content (AvgIpc) is 2.36. The van der Waals surface area contributed by atoms with E-state index in [0.717, 1.165) is 6.07 Å². The maximum Gasteiger partial charge on any atom is 0.416 e. The predicted octanol–water partition coefficient (Wildman–Crippen LogP) is 2.08. The first-order valence-corrected chi connectivity index (χ1v) is 5.67. The molecule has 0 aromatic heterocycles. The van der Waals surface area contributed by atoms with Crippen molar-refractivity contribution in [1.82, 2.24) is 0 Å². The van der Waals surface area contributed by atoms with Gasteiger partial charge in [0.2, 0.25) is 5.91 Å². The molecule has 1 aromatic rings. The summed E-state index contributed by atoms with van der Waals surface area (Å²) < 4.78 is 37.9. The summed E-state index contributed by atoms with van der Waals surface area (Å²) in [7, 11) is 0. The van der Waals surface area contributed by atoms with Gasteiger partial charge in [-0.15, -0.1) is 0 Å². The van der Waals surface area contributed by atoms with E-state index in [1.807, 2.05) is 0 Å². The number of amides is 1. The zero-order valence-electron chi connectivity index (χ0n) is 10.5. The second kappa shape index (κ2) is 5.91. The van der Waals surface area contributed by atoms with Crippen molar-refractivity contribution in [3.63, 3.8) is 0 Å². The predicted molar refractivity (Wildman–Crippen MR) is 65.3 cm³/mol. The van der Waals surface area contributed by atoms with E-state index in [1.165, 1.54) is 0 Å². The van der Waals surface area contributed by atoms with Gasteiger partial charge in [-0.2, -0.15) is 13.2 Å². The van der Waals surface area contributed by atoms with Crippen LogP contribution < -0.4 is 11.1 Å². The van der Waals surface area contributed by atoms with Gasteiger partial charge in [0, 0.05) is 5.69 Å². The monoisotopic (exact) mass is 290 g/mol. The number of carboxylic acids is 1. The molecule has 0 saturated heterocycles. The molecule has 0 radical (unpaired) electrons. The molecule has 0 aliphatic rings. The Kier molecular flexibility index (Phi) is 4.72. The number of carbonyl (C=O) groups excluding carboxylic acids is 1. The first-order valence-electron chi connectivity index (χ1n) is 5.67. The van der Waals surface area contributed by atoms with Gasteiger partial charge in [-0.25, -0.2) is 4.79 Å². The summed E-state index contributed by atoms with van der Waals surface area (Å²) in [6.07, 6.45) is -4.41. The Balaban J connectivity index is 3.16. The van der Waals surface area contributed by atoms with Crippen LogP contribution in [-0.2, 0) is 11.0 Å². The van der Waals surface area contributed by atoms with Gasteiger partial charge in [0.15, 0.2) is 0 Å². The fourth-order valence-corrected chi connectivity index (χ4v) is 1.41. The van der Waals surface area contributed by atoms with E-state index in [0.29, 0.717) is 18.6 Å². The Bertz CT molecular complexity index is 529. The second-order valence-electron chi connectivity index (χ2n) is 4.11. The fourth-order valence-electron chi connectivity index (χ4n) is 1.41. The number of carboxylic acid groups (broad SMARTS) is 1. The van der Waals surface area contributed by atoms with Crippen molar-refractivity contribution < 1.29 is 27.9 Å². The average molecular weight is 290 g/mol. The van der Waals surface area contributed by atoms with E-state index < -0.39 is 35.2 Å². The topological polar surface area (TPSA) is 92.4 Å². The molecule has 1 aromatic carbocycles. The van der Waals surface area contributed by atoms with Crippen molar-refractivity contribution in [3.8, 4) is 0 Å². The lowest BCUT2D eigenvalue weighted by Crippen LogP contribution is -2.34. The number of rotatable bonds is 4. The summed E-state index contributed by atoms with van der Waals surface area (Å²) in [5, 5.41) is 11.0. The van der Waals surface area contributed by atoms with Crippen LogP contribution in [0.1, 0.15) is 29.3 Å². The molecule has 0 spiro atoms. The number of alkyl halides is 3. The lowest BCUT2D eigenvalue weighted by Gasteiger charge is -2.13. The molecule has 8 heteroatoms. The first-order chi connectivity index (χ1) is 9.15. The molecular formula is C12H13F3N2O3. The van der Waals surface area contributed by atoms with Crippen molar-refractivity contribution in [2.45, 2.75) is 25.6 Å². The molecule has 5 nitrogen and oxygen atoms in total. The molecule has 0 fully saturated rings. The molecule has 0 aliphatic carbocycles. The van der Waals surface area contributed by atoms with Crippen LogP contribution in [0, 0.1) is 0 Å². The summed E-state index contributed by atoms with van der Waals surface area (Å²) in [4.78, 5) is 22.3. The largest absolute Gasteiger partial charge is 0.478 e. The Morgan fingerprint density at radius 1 is 1.35 bits per heavy atom. The number of anilines is 1. The number of nitrogens with one attached hydrogen (secondary N) is 1. The van der Waals surface area contributed by atoms with Gasteiger partial charge in [-0.1, -0.05) is 6.92 Å². The summed E-state index contributed by atoms with van der Waals surface area (Å²) in [6.45, 7) is 1.64. The van der Waals surface area contributed by atoms with Crippen molar-refractivity contribution >= 4 is 17.6 Å². The number of nitrogens with two attached hydrogens (primary N) is 1. The quantitative estimate of drug-likeness (QED) is 0.791. The number of aromatic carboxylic acids is 1. The number of hydrogen-bond donors (Lipinski definition) is 3. The van der Waals surface area contributed by atoms with Crippen LogP contribution in [0.25, 0.3) is 0 Å². The third-order valence-electron chi connectivity index (χ3n) is 2.55. The van der Waals surface area contributed by atoms with E-state index in [2.05, 4.69) is 5.32 Å². The highest BCUT2D eigenvalue weighted by Crippen LogP contribution is 2.32. The third kappa shape index (κ3) is 3.95.